The van der Waals surface area contributed by atoms with Crippen LogP contribution >= 0.6 is 0 Å². The van der Waals surface area contributed by atoms with Crippen molar-refractivity contribution < 1.29 is 14.3 Å². The first-order valence-electron chi connectivity index (χ1n) is 9.47. The fraction of sp³-hybridized carbons (Fsp3) is 0.273. The van der Waals surface area contributed by atoms with Crippen molar-refractivity contribution in [1.82, 2.24) is 14.5 Å². The van der Waals surface area contributed by atoms with E-state index in [1.165, 1.54) is 0 Å². The Morgan fingerprint density at radius 2 is 1.90 bits per heavy atom. The number of urea groups is 1. The van der Waals surface area contributed by atoms with Crippen molar-refractivity contribution in [1.29, 1.82) is 0 Å². The molecule has 3 aromatic rings. The molecule has 0 radical (unpaired) electrons. The molecule has 1 N–H and O–H groups in total. The Kier molecular flexibility index (Phi) is 7.10. The number of amides is 2. The zero-order valence-electron chi connectivity index (χ0n) is 16.7. The maximum atomic E-state index is 12.9. The van der Waals surface area contributed by atoms with Crippen molar-refractivity contribution >= 4 is 11.7 Å². The molecule has 1 heterocycles. The highest BCUT2D eigenvalue weighted by molar-refractivity contribution is 5.89. The lowest BCUT2D eigenvalue weighted by atomic mass is 10.2. The van der Waals surface area contributed by atoms with Gasteiger partial charge in [0, 0.05) is 37.7 Å². The van der Waals surface area contributed by atoms with Crippen molar-refractivity contribution in [3.05, 3.63) is 72.8 Å². The number of para-hydroxylation sites is 1. The topological polar surface area (TPSA) is 68.6 Å². The number of methoxy groups -OCH3 is 2. The summed E-state index contributed by atoms with van der Waals surface area (Å²) in [5.41, 5.74) is 1.73. The van der Waals surface area contributed by atoms with Crippen molar-refractivity contribution in [3.63, 3.8) is 0 Å². The molecule has 2 amide bonds. The Morgan fingerprint density at radius 3 is 2.59 bits per heavy atom. The number of carbonyl (C=O) groups excluding carboxylic acids is 1. The molecule has 3 rings (SSSR count). The van der Waals surface area contributed by atoms with E-state index >= 15 is 0 Å². The fourth-order valence-electron chi connectivity index (χ4n) is 3.04. The molecule has 0 unspecified atom stereocenters. The van der Waals surface area contributed by atoms with Crippen LogP contribution in [-0.2, 0) is 13.1 Å². The SMILES string of the molecule is COc1ccc(CN(CCCn2ccnc2)C(=O)Nc2ccccc2)cc1OC. The average molecular weight is 394 g/mol. The number of hydrogen-bond acceptors (Lipinski definition) is 4. The number of aromatic nitrogens is 2. The summed E-state index contributed by atoms with van der Waals surface area (Å²) in [7, 11) is 3.21. The number of aryl methyl sites for hydroxylation is 1. The van der Waals surface area contributed by atoms with Crippen molar-refractivity contribution in [2.45, 2.75) is 19.5 Å². The molecule has 0 aliphatic carbocycles. The smallest absolute Gasteiger partial charge is 0.322 e. The van der Waals surface area contributed by atoms with E-state index in [1.807, 2.05) is 59.3 Å². The van der Waals surface area contributed by atoms with Crippen LogP contribution in [0.25, 0.3) is 0 Å². The van der Waals surface area contributed by atoms with E-state index in [2.05, 4.69) is 10.3 Å². The molecule has 0 saturated carbocycles. The van der Waals surface area contributed by atoms with Crippen LogP contribution in [0.2, 0.25) is 0 Å². The van der Waals surface area contributed by atoms with Crippen LogP contribution in [0.15, 0.2) is 67.3 Å². The summed E-state index contributed by atoms with van der Waals surface area (Å²) in [4.78, 5) is 18.8. The number of nitrogens with zero attached hydrogens (tertiary/aromatic N) is 3. The molecule has 0 saturated heterocycles. The second-order valence-corrected chi connectivity index (χ2v) is 6.56. The minimum Gasteiger partial charge on any atom is -0.493 e. The lowest BCUT2D eigenvalue weighted by molar-refractivity contribution is 0.207. The van der Waals surface area contributed by atoms with Crippen LogP contribution in [0.5, 0.6) is 11.5 Å². The Labute approximate surface area is 170 Å². The number of ether oxygens (including phenoxy) is 2. The van der Waals surface area contributed by atoms with Crippen molar-refractivity contribution in [2.75, 3.05) is 26.1 Å². The van der Waals surface area contributed by atoms with Gasteiger partial charge in [0.15, 0.2) is 11.5 Å². The molecule has 0 aliphatic rings. The third kappa shape index (κ3) is 5.75. The van der Waals surface area contributed by atoms with E-state index in [9.17, 15) is 4.79 Å². The summed E-state index contributed by atoms with van der Waals surface area (Å²) < 4.78 is 12.7. The highest BCUT2D eigenvalue weighted by atomic mass is 16.5. The molecule has 7 heteroatoms. The number of benzene rings is 2. The molecule has 152 valence electrons. The molecule has 0 spiro atoms. The first-order chi connectivity index (χ1) is 14.2. The predicted octanol–water partition coefficient (Wildman–Crippen LogP) is 4.02. The molecular weight excluding hydrogens is 368 g/mol. The van der Waals surface area contributed by atoms with Crippen LogP contribution in [0.3, 0.4) is 0 Å². The third-order valence-electron chi connectivity index (χ3n) is 4.54. The van der Waals surface area contributed by atoms with Crippen molar-refractivity contribution in [3.8, 4) is 11.5 Å². The molecule has 7 nitrogen and oxygen atoms in total. The normalized spacial score (nSPS) is 10.4. The van der Waals surface area contributed by atoms with Gasteiger partial charge in [0.25, 0.3) is 0 Å². The number of anilines is 1. The van der Waals surface area contributed by atoms with Crippen LogP contribution < -0.4 is 14.8 Å². The van der Waals surface area contributed by atoms with Crippen LogP contribution in [0, 0.1) is 0 Å². The first kappa shape index (κ1) is 20.3. The maximum Gasteiger partial charge on any atom is 0.322 e. The van der Waals surface area contributed by atoms with E-state index in [0.29, 0.717) is 24.6 Å². The highest BCUT2D eigenvalue weighted by Gasteiger charge is 2.15. The highest BCUT2D eigenvalue weighted by Crippen LogP contribution is 2.28. The molecule has 0 bridgehead atoms. The van der Waals surface area contributed by atoms with Gasteiger partial charge in [0.1, 0.15) is 0 Å². The lowest BCUT2D eigenvalue weighted by Crippen LogP contribution is -2.35. The van der Waals surface area contributed by atoms with Crippen LogP contribution in [0.1, 0.15) is 12.0 Å². The first-order valence-corrected chi connectivity index (χ1v) is 9.47. The number of carbonyl (C=O) groups is 1. The third-order valence-corrected chi connectivity index (χ3v) is 4.54. The average Bonchev–Trinajstić information content (AvgIpc) is 3.27. The van der Waals surface area contributed by atoms with Gasteiger partial charge in [-0.3, -0.25) is 0 Å². The second kappa shape index (κ2) is 10.2. The summed E-state index contributed by atoms with van der Waals surface area (Å²) in [5, 5.41) is 2.97. The Balaban J connectivity index is 1.71. The van der Waals surface area contributed by atoms with E-state index < -0.39 is 0 Å². The predicted molar refractivity (Wildman–Crippen MR) is 112 cm³/mol. The quantitative estimate of drug-likeness (QED) is 0.595. The van der Waals surface area contributed by atoms with Crippen LogP contribution in [-0.4, -0.2) is 41.2 Å². The largest absolute Gasteiger partial charge is 0.493 e. The lowest BCUT2D eigenvalue weighted by Gasteiger charge is -2.24. The molecule has 0 aliphatic heterocycles. The molecular formula is C22H26N4O3. The monoisotopic (exact) mass is 394 g/mol. The number of imidazole rings is 1. The second-order valence-electron chi connectivity index (χ2n) is 6.56. The molecule has 0 fully saturated rings. The maximum absolute atomic E-state index is 12.9. The van der Waals surface area contributed by atoms with E-state index in [4.69, 9.17) is 9.47 Å². The summed E-state index contributed by atoms with van der Waals surface area (Å²) in [6.07, 6.45) is 6.26. The van der Waals surface area contributed by atoms with Crippen molar-refractivity contribution in [2.24, 2.45) is 0 Å². The summed E-state index contributed by atoms with van der Waals surface area (Å²) >= 11 is 0. The van der Waals surface area contributed by atoms with E-state index in [0.717, 1.165) is 24.2 Å². The van der Waals surface area contributed by atoms with Gasteiger partial charge in [0.2, 0.25) is 0 Å². The number of rotatable bonds is 9. The summed E-state index contributed by atoms with van der Waals surface area (Å²) in [5.74, 6) is 1.31. The van der Waals surface area contributed by atoms with E-state index in [1.54, 1.807) is 31.6 Å². The van der Waals surface area contributed by atoms with Gasteiger partial charge in [-0.2, -0.15) is 0 Å². The van der Waals surface area contributed by atoms with Gasteiger partial charge >= 0.3 is 6.03 Å². The Hall–Kier alpha value is -3.48. The molecule has 29 heavy (non-hydrogen) atoms. The Bertz CT molecular complexity index is 898. The standard InChI is InChI=1S/C22H26N4O3/c1-28-20-10-9-18(15-21(20)29-2)16-26(13-6-12-25-14-11-23-17-25)22(27)24-19-7-4-3-5-8-19/h3-5,7-11,14-15,17H,6,12-13,16H2,1-2H3,(H,24,27). The summed E-state index contributed by atoms with van der Waals surface area (Å²) in [6, 6.07) is 15.0. The van der Waals surface area contributed by atoms with Crippen LogP contribution in [0.4, 0.5) is 10.5 Å². The fourth-order valence-corrected chi connectivity index (χ4v) is 3.04. The zero-order valence-corrected chi connectivity index (χ0v) is 16.7. The van der Waals surface area contributed by atoms with Gasteiger partial charge in [0.05, 0.1) is 20.5 Å². The minimum absolute atomic E-state index is 0.142. The van der Waals surface area contributed by atoms with Gasteiger partial charge in [-0.15, -0.1) is 0 Å². The Morgan fingerprint density at radius 1 is 1.10 bits per heavy atom. The van der Waals surface area contributed by atoms with E-state index in [-0.39, 0.29) is 6.03 Å². The van der Waals surface area contributed by atoms with Gasteiger partial charge in [-0.1, -0.05) is 24.3 Å². The number of hydrogen-bond donors (Lipinski definition) is 1. The van der Waals surface area contributed by atoms with Gasteiger partial charge in [-0.05, 0) is 36.2 Å². The number of nitrogens with one attached hydrogen (secondary N) is 1. The minimum atomic E-state index is -0.142. The molecule has 0 atom stereocenters. The molecule has 1 aromatic heterocycles. The molecule has 2 aromatic carbocycles. The van der Waals surface area contributed by atoms with Gasteiger partial charge < -0.3 is 24.3 Å². The summed E-state index contributed by atoms with van der Waals surface area (Å²) in [6.45, 7) is 1.86. The van der Waals surface area contributed by atoms with Gasteiger partial charge in [-0.25, -0.2) is 9.78 Å². The zero-order chi connectivity index (χ0) is 20.5.